The summed E-state index contributed by atoms with van der Waals surface area (Å²) < 4.78 is 5.02. The number of rotatable bonds is 5. The van der Waals surface area contributed by atoms with E-state index < -0.39 is 0 Å². The van der Waals surface area contributed by atoms with Crippen molar-refractivity contribution in [3.8, 4) is 0 Å². The lowest BCUT2D eigenvalue weighted by molar-refractivity contribution is 0.423. The maximum absolute atomic E-state index is 5.02. The highest BCUT2D eigenvalue weighted by atomic mass is 127. The van der Waals surface area contributed by atoms with Gasteiger partial charge in [-0.15, -0.1) is 11.3 Å². The third-order valence-electron chi connectivity index (χ3n) is 1.64. The fourth-order valence-corrected chi connectivity index (χ4v) is 2.44. The van der Waals surface area contributed by atoms with E-state index in [2.05, 4.69) is 11.6 Å². The molecule has 0 radical (unpaired) electrons. The molecule has 1 aromatic rings. The molecule has 0 amide bonds. The summed E-state index contributed by atoms with van der Waals surface area (Å²) in [4.78, 5) is 5.46. The van der Waals surface area contributed by atoms with Crippen molar-refractivity contribution in [3.05, 3.63) is 47.0 Å². The van der Waals surface area contributed by atoms with Crippen molar-refractivity contribution in [2.45, 2.75) is 13.5 Å². The second kappa shape index (κ2) is 6.92. The zero-order valence-electron chi connectivity index (χ0n) is 8.44. The van der Waals surface area contributed by atoms with Gasteiger partial charge in [0.1, 0.15) is 28.0 Å². The first-order valence-corrected chi connectivity index (χ1v) is 6.15. The van der Waals surface area contributed by atoms with Gasteiger partial charge in [0.2, 0.25) is 0 Å². The largest absolute Gasteiger partial charge is 0.310 e. The monoisotopic (exact) mass is 333 g/mol. The van der Waals surface area contributed by atoms with Gasteiger partial charge in [0.15, 0.2) is 0 Å². The third-order valence-corrected chi connectivity index (χ3v) is 2.97. The van der Waals surface area contributed by atoms with Gasteiger partial charge in [-0.3, -0.25) is 0 Å². The number of hydrogen-bond donors (Lipinski definition) is 0. The second-order valence-corrected chi connectivity index (χ2v) is 4.48. The average Bonchev–Trinajstić information content (AvgIpc) is 2.67. The Morgan fingerprint density at radius 3 is 3.13 bits per heavy atom. The summed E-state index contributed by atoms with van der Waals surface area (Å²) in [7, 11) is 0. The summed E-state index contributed by atoms with van der Waals surface area (Å²) in [5, 5.41) is 0.997. The predicted molar refractivity (Wildman–Crippen MR) is 73.9 cm³/mol. The Balaban J connectivity index is 2.91. The molecule has 0 N–H and O–H groups in total. The maximum atomic E-state index is 5.02. The molecule has 0 aromatic carbocycles. The minimum Gasteiger partial charge on any atom is -0.310 e. The summed E-state index contributed by atoms with van der Waals surface area (Å²) in [6, 6.07) is 0. The smallest absolute Gasteiger partial charge is 0.123 e. The predicted octanol–water partition coefficient (Wildman–Crippen LogP) is 4.16. The van der Waals surface area contributed by atoms with Crippen LogP contribution < -0.4 is 0 Å². The Kier molecular flexibility index (Phi) is 5.82. The zero-order valence-corrected chi connectivity index (χ0v) is 11.4. The number of aromatic nitrogens is 1. The van der Waals surface area contributed by atoms with E-state index >= 15 is 0 Å². The van der Waals surface area contributed by atoms with E-state index in [1.54, 1.807) is 17.4 Å². The molecule has 0 atom stereocenters. The van der Waals surface area contributed by atoms with E-state index in [1.165, 1.54) is 0 Å². The van der Waals surface area contributed by atoms with Crippen LogP contribution >= 0.6 is 34.3 Å². The van der Waals surface area contributed by atoms with Gasteiger partial charge in [-0.05, 0) is 6.92 Å². The number of hydrogen-bond acceptors (Lipinski definition) is 3. The quantitative estimate of drug-likeness (QED) is 0.596. The van der Waals surface area contributed by atoms with Crippen molar-refractivity contribution in [1.82, 2.24) is 4.98 Å². The second-order valence-electron chi connectivity index (χ2n) is 2.74. The molecule has 2 nitrogen and oxygen atoms in total. The van der Waals surface area contributed by atoms with Gasteiger partial charge in [0.05, 0.1) is 11.5 Å². The van der Waals surface area contributed by atoms with Crippen LogP contribution in [0.1, 0.15) is 16.8 Å². The maximum Gasteiger partial charge on any atom is 0.123 e. The van der Waals surface area contributed by atoms with Crippen molar-refractivity contribution >= 4 is 39.9 Å². The van der Waals surface area contributed by atoms with Crippen LogP contribution in [0.5, 0.6) is 0 Å². The average molecular weight is 333 g/mol. The highest BCUT2D eigenvalue weighted by Gasteiger charge is 2.04. The van der Waals surface area contributed by atoms with Gasteiger partial charge in [0, 0.05) is 11.8 Å². The third kappa shape index (κ3) is 3.89. The number of allylic oxidation sites excluding steroid dienone is 5. The number of halogens is 1. The Morgan fingerprint density at radius 2 is 2.53 bits per heavy atom. The first kappa shape index (κ1) is 12.6. The first-order valence-electron chi connectivity index (χ1n) is 4.45. The summed E-state index contributed by atoms with van der Waals surface area (Å²) in [6.45, 7) is 6.28. The van der Waals surface area contributed by atoms with Gasteiger partial charge in [-0.2, -0.15) is 0 Å². The normalized spacial score (nSPS) is 12.3. The molecule has 15 heavy (non-hydrogen) atoms. The molecule has 1 rings (SSSR count). The molecule has 1 aromatic heterocycles. The van der Waals surface area contributed by atoms with Crippen LogP contribution in [-0.4, -0.2) is 4.98 Å². The van der Waals surface area contributed by atoms with Gasteiger partial charge in [-0.1, -0.05) is 30.9 Å². The summed E-state index contributed by atoms with van der Waals surface area (Å²) in [6.07, 6.45) is 9.58. The molecular formula is C11H12INOS. The van der Waals surface area contributed by atoms with Crippen LogP contribution in [0.2, 0.25) is 0 Å². The van der Waals surface area contributed by atoms with Gasteiger partial charge < -0.3 is 3.07 Å². The summed E-state index contributed by atoms with van der Waals surface area (Å²) >= 11 is 3.52. The Labute approximate surface area is 108 Å². The molecule has 0 saturated heterocycles. The lowest BCUT2D eigenvalue weighted by atomic mass is 10.2. The van der Waals surface area contributed by atoms with E-state index in [0.29, 0.717) is 6.61 Å². The standard InChI is InChI=1S/C11H12INOS/c1-3-5-9(6-4-2)11-13-7-10(15-11)8-14-12/h3-7H,1,8H2,2H3/b6-4-,9-5+. The van der Waals surface area contributed by atoms with Crippen LogP contribution in [0.25, 0.3) is 5.57 Å². The van der Waals surface area contributed by atoms with E-state index in [-0.39, 0.29) is 0 Å². The van der Waals surface area contributed by atoms with E-state index in [4.69, 9.17) is 3.07 Å². The molecule has 1 heterocycles. The minimum absolute atomic E-state index is 0.607. The topological polar surface area (TPSA) is 22.1 Å². The van der Waals surface area contributed by atoms with Crippen molar-refractivity contribution in [1.29, 1.82) is 0 Å². The number of thiazole rings is 1. The fraction of sp³-hybridized carbons (Fsp3) is 0.182. The van der Waals surface area contributed by atoms with Crippen molar-refractivity contribution in [3.63, 3.8) is 0 Å². The molecule has 0 aliphatic carbocycles. The Hall–Kier alpha value is -0.460. The molecule has 4 heteroatoms. The minimum atomic E-state index is 0.607. The molecule has 0 saturated carbocycles. The fourth-order valence-electron chi connectivity index (χ4n) is 1.07. The molecule has 80 valence electrons. The van der Waals surface area contributed by atoms with Crippen LogP contribution in [0.15, 0.2) is 37.1 Å². The SMILES string of the molecule is C=C/C=C(\C=C/C)c1ncc(COI)s1. The van der Waals surface area contributed by atoms with Gasteiger partial charge in [0.25, 0.3) is 0 Å². The molecule has 0 spiro atoms. The number of nitrogens with zero attached hydrogens (tertiary/aromatic N) is 1. The van der Waals surface area contributed by atoms with Crippen LogP contribution in [-0.2, 0) is 9.67 Å². The van der Waals surface area contributed by atoms with E-state index in [1.807, 2.05) is 54.4 Å². The van der Waals surface area contributed by atoms with Crippen molar-refractivity contribution in [2.24, 2.45) is 0 Å². The van der Waals surface area contributed by atoms with Crippen LogP contribution in [0.4, 0.5) is 0 Å². The Bertz CT molecular complexity index is 382. The van der Waals surface area contributed by atoms with Gasteiger partial charge >= 0.3 is 0 Å². The molecule has 0 aliphatic heterocycles. The Morgan fingerprint density at radius 1 is 1.73 bits per heavy atom. The molecular weight excluding hydrogens is 321 g/mol. The van der Waals surface area contributed by atoms with Crippen LogP contribution in [0, 0.1) is 0 Å². The highest BCUT2D eigenvalue weighted by molar-refractivity contribution is 14.1. The zero-order chi connectivity index (χ0) is 11.1. The van der Waals surface area contributed by atoms with E-state index in [9.17, 15) is 0 Å². The summed E-state index contributed by atoms with van der Waals surface area (Å²) in [5.41, 5.74) is 1.08. The van der Waals surface area contributed by atoms with Crippen molar-refractivity contribution in [2.75, 3.05) is 0 Å². The van der Waals surface area contributed by atoms with Gasteiger partial charge in [-0.25, -0.2) is 4.98 Å². The molecule has 0 unspecified atom stereocenters. The lowest BCUT2D eigenvalue weighted by Gasteiger charge is -1.94. The van der Waals surface area contributed by atoms with Crippen LogP contribution in [0.3, 0.4) is 0 Å². The molecule has 0 aliphatic rings. The molecule has 0 bridgehead atoms. The van der Waals surface area contributed by atoms with E-state index in [0.717, 1.165) is 15.5 Å². The highest BCUT2D eigenvalue weighted by Crippen LogP contribution is 2.23. The van der Waals surface area contributed by atoms with Crippen molar-refractivity contribution < 1.29 is 3.07 Å². The lowest BCUT2D eigenvalue weighted by Crippen LogP contribution is -1.76. The first-order chi connectivity index (χ1) is 7.31. The summed E-state index contributed by atoms with van der Waals surface area (Å²) in [5.74, 6) is 0. The molecule has 0 fully saturated rings.